The van der Waals surface area contributed by atoms with E-state index in [4.69, 9.17) is 9.47 Å². The van der Waals surface area contributed by atoms with E-state index in [0.29, 0.717) is 66.6 Å². The number of amides is 3. The Kier molecular flexibility index (Phi) is 8.83. The molecule has 1 N–H and O–H groups in total. The van der Waals surface area contributed by atoms with Crippen LogP contribution in [0.25, 0.3) is 0 Å². The Bertz CT molecular complexity index is 1490. The number of benzene rings is 3. The standard InChI is InChI=1S/C32H33FN4O5/c1-3-41-31(39)28-27(21-36-15-17-37(18-16-36)30(38)23-10-7-11-24(33)19-23)35(2)32(40)34-29(28)22-9-8-14-26(20-22)42-25-12-5-4-6-13-25/h4-14,19-20,29H,3,15-18,21H2,1-2H3,(H,34,40). The molecule has 0 radical (unpaired) electrons. The lowest BCUT2D eigenvalue weighted by molar-refractivity contribution is -0.139. The molecule has 2 aliphatic rings. The molecule has 1 unspecified atom stereocenters. The molecule has 3 aromatic carbocycles. The van der Waals surface area contributed by atoms with Gasteiger partial charge in [-0.15, -0.1) is 0 Å². The van der Waals surface area contributed by atoms with E-state index in [9.17, 15) is 18.8 Å². The number of likely N-dealkylation sites (N-methyl/N-ethyl adjacent to an activating group) is 1. The second-order valence-corrected chi connectivity index (χ2v) is 10.1. The van der Waals surface area contributed by atoms with Gasteiger partial charge in [0.25, 0.3) is 5.91 Å². The normalized spacial score (nSPS) is 17.6. The highest BCUT2D eigenvalue weighted by Crippen LogP contribution is 2.34. The number of rotatable bonds is 8. The molecule has 9 nitrogen and oxygen atoms in total. The Morgan fingerprint density at radius 3 is 2.36 bits per heavy atom. The second-order valence-electron chi connectivity index (χ2n) is 10.1. The van der Waals surface area contributed by atoms with Gasteiger partial charge in [-0.05, 0) is 55.0 Å². The van der Waals surface area contributed by atoms with Gasteiger partial charge in [0, 0.05) is 51.0 Å². The minimum absolute atomic E-state index is 0.179. The Hall–Kier alpha value is -4.70. The number of nitrogens with zero attached hydrogens (tertiary/aromatic N) is 3. The van der Waals surface area contributed by atoms with Crippen molar-refractivity contribution in [3.05, 3.63) is 107 Å². The van der Waals surface area contributed by atoms with Crippen molar-refractivity contribution in [2.45, 2.75) is 13.0 Å². The van der Waals surface area contributed by atoms with E-state index in [0.717, 1.165) is 0 Å². The fraction of sp³-hybridized carbons (Fsp3) is 0.281. The smallest absolute Gasteiger partial charge is 0.338 e. The van der Waals surface area contributed by atoms with Gasteiger partial charge < -0.3 is 19.7 Å². The lowest BCUT2D eigenvalue weighted by atomic mass is 9.94. The van der Waals surface area contributed by atoms with Crippen molar-refractivity contribution in [3.8, 4) is 11.5 Å². The van der Waals surface area contributed by atoms with Crippen LogP contribution in [0.5, 0.6) is 11.5 Å². The van der Waals surface area contributed by atoms with Gasteiger partial charge in [-0.1, -0.05) is 36.4 Å². The molecule has 218 valence electrons. The Morgan fingerprint density at radius 1 is 0.929 bits per heavy atom. The molecule has 5 rings (SSSR count). The molecule has 2 heterocycles. The maximum absolute atomic E-state index is 13.7. The third-order valence-electron chi connectivity index (χ3n) is 7.35. The number of esters is 1. The molecule has 42 heavy (non-hydrogen) atoms. The van der Waals surface area contributed by atoms with Gasteiger partial charge in [0.05, 0.1) is 18.2 Å². The van der Waals surface area contributed by atoms with Crippen molar-refractivity contribution in [2.24, 2.45) is 0 Å². The number of ether oxygens (including phenoxy) is 2. The molecule has 0 aromatic heterocycles. The van der Waals surface area contributed by atoms with Crippen LogP contribution >= 0.6 is 0 Å². The average molecular weight is 573 g/mol. The van der Waals surface area contributed by atoms with Crippen LogP contribution in [0.4, 0.5) is 9.18 Å². The number of hydrogen-bond acceptors (Lipinski definition) is 6. The predicted molar refractivity (Wildman–Crippen MR) is 154 cm³/mol. The number of para-hydroxylation sites is 1. The number of nitrogens with one attached hydrogen (secondary N) is 1. The summed E-state index contributed by atoms with van der Waals surface area (Å²) in [5, 5.41) is 2.95. The zero-order chi connectivity index (χ0) is 29.6. The number of urea groups is 1. The van der Waals surface area contributed by atoms with Crippen LogP contribution in [-0.2, 0) is 9.53 Å². The van der Waals surface area contributed by atoms with E-state index in [2.05, 4.69) is 10.2 Å². The van der Waals surface area contributed by atoms with E-state index >= 15 is 0 Å². The highest BCUT2D eigenvalue weighted by molar-refractivity contribution is 5.95. The molecular formula is C32H33FN4O5. The molecule has 0 bridgehead atoms. The summed E-state index contributed by atoms with van der Waals surface area (Å²) in [5.41, 5.74) is 1.85. The highest BCUT2D eigenvalue weighted by Gasteiger charge is 2.38. The number of hydrogen-bond donors (Lipinski definition) is 1. The van der Waals surface area contributed by atoms with Crippen molar-refractivity contribution in [1.82, 2.24) is 20.0 Å². The molecule has 1 saturated heterocycles. The second kappa shape index (κ2) is 12.9. The van der Waals surface area contributed by atoms with Crippen LogP contribution in [0, 0.1) is 5.82 Å². The molecule has 2 aliphatic heterocycles. The largest absolute Gasteiger partial charge is 0.463 e. The molecule has 3 amide bonds. The third kappa shape index (κ3) is 6.44. The molecule has 10 heteroatoms. The average Bonchev–Trinajstić information content (AvgIpc) is 3.00. The molecule has 1 fully saturated rings. The van der Waals surface area contributed by atoms with Gasteiger partial charge in [-0.25, -0.2) is 14.0 Å². The van der Waals surface area contributed by atoms with E-state index in [1.807, 2.05) is 48.5 Å². The molecule has 0 saturated carbocycles. The number of halogens is 1. The molecular weight excluding hydrogens is 539 g/mol. The van der Waals surface area contributed by atoms with Crippen molar-refractivity contribution in [1.29, 1.82) is 0 Å². The van der Waals surface area contributed by atoms with Crippen LogP contribution in [0.1, 0.15) is 28.9 Å². The van der Waals surface area contributed by atoms with E-state index in [1.54, 1.807) is 31.0 Å². The van der Waals surface area contributed by atoms with Crippen LogP contribution in [-0.4, -0.2) is 79.0 Å². The number of carbonyl (C=O) groups is 3. The summed E-state index contributed by atoms with van der Waals surface area (Å²) in [7, 11) is 1.62. The summed E-state index contributed by atoms with van der Waals surface area (Å²) in [6.07, 6.45) is 0. The van der Waals surface area contributed by atoms with Crippen LogP contribution in [0.15, 0.2) is 90.1 Å². The fourth-order valence-corrected chi connectivity index (χ4v) is 5.16. The first-order chi connectivity index (χ1) is 20.3. The van der Waals surface area contributed by atoms with Gasteiger partial charge in [-0.2, -0.15) is 0 Å². The summed E-state index contributed by atoms with van der Waals surface area (Å²) < 4.78 is 25.1. The van der Waals surface area contributed by atoms with Gasteiger partial charge in [0.15, 0.2) is 0 Å². The van der Waals surface area contributed by atoms with Crippen LogP contribution in [0.2, 0.25) is 0 Å². The van der Waals surface area contributed by atoms with Gasteiger partial charge in [0.2, 0.25) is 0 Å². The molecule has 0 aliphatic carbocycles. The SMILES string of the molecule is CCOC(=O)C1=C(CN2CCN(C(=O)c3cccc(F)c3)CC2)N(C)C(=O)NC1c1cccc(Oc2ccccc2)c1. The molecule has 1 atom stereocenters. The zero-order valence-corrected chi connectivity index (χ0v) is 23.6. The van der Waals surface area contributed by atoms with Crippen molar-refractivity contribution < 1.29 is 28.2 Å². The van der Waals surface area contributed by atoms with E-state index < -0.39 is 17.8 Å². The lowest BCUT2D eigenvalue weighted by Crippen LogP contribution is -2.53. The van der Waals surface area contributed by atoms with E-state index in [-0.39, 0.29) is 18.5 Å². The topological polar surface area (TPSA) is 91.4 Å². The Balaban J connectivity index is 1.39. The minimum Gasteiger partial charge on any atom is -0.463 e. The van der Waals surface area contributed by atoms with Gasteiger partial charge >= 0.3 is 12.0 Å². The minimum atomic E-state index is -0.752. The molecule has 3 aromatic rings. The summed E-state index contributed by atoms with van der Waals surface area (Å²) >= 11 is 0. The Labute approximate surface area is 244 Å². The quantitative estimate of drug-likeness (QED) is 0.397. The highest BCUT2D eigenvalue weighted by atomic mass is 19.1. The Morgan fingerprint density at radius 2 is 1.64 bits per heavy atom. The first-order valence-electron chi connectivity index (χ1n) is 13.9. The number of carbonyl (C=O) groups excluding carboxylic acids is 3. The fourth-order valence-electron chi connectivity index (χ4n) is 5.16. The van der Waals surface area contributed by atoms with Gasteiger partial charge in [-0.3, -0.25) is 14.6 Å². The van der Waals surface area contributed by atoms with Crippen molar-refractivity contribution in [3.63, 3.8) is 0 Å². The summed E-state index contributed by atoms with van der Waals surface area (Å²) in [5.74, 6) is 0.0314. The maximum atomic E-state index is 13.7. The van der Waals surface area contributed by atoms with Crippen molar-refractivity contribution in [2.75, 3.05) is 46.4 Å². The maximum Gasteiger partial charge on any atom is 0.338 e. The molecule has 0 spiro atoms. The third-order valence-corrected chi connectivity index (χ3v) is 7.35. The first-order valence-corrected chi connectivity index (χ1v) is 13.9. The number of piperazine rings is 1. The predicted octanol–water partition coefficient (Wildman–Crippen LogP) is 4.59. The summed E-state index contributed by atoms with van der Waals surface area (Å²) in [6, 6.07) is 21.2. The first kappa shape index (κ1) is 28.8. The lowest BCUT2D eigenvalue weighted by Gasteiger charge is -2.39. The van der Waals surface area contributed by atoms with Crippen LogP contribution in [0.3, 0.4) is 0 Å². The summed E-state index contributed by atoms with van der Waals surface area (Å²) in [4.78, 5) is 44.7. The monoisotopic (exact) mass is 572 g/mol. The van der Waals surface area contributed by atoms with Crippen molar-refractivity contribution >= 4 is 17.9 Å². The van der Waals surface area contributed by atoms with Gasteiger partial charge in [0.1, 0.15) is 17.3 Å². The van der Waals surface area contributed by atoms with E-state index in [1.165, 1.54) is 23.1 Å². The zero-order valence-electron chi connectivity index (χ0n) is 23.6. The van der Waals surface area contributed by atoms with Crippen LogP contribution < -0.4 is 10.1 Å². The summed E-state index contributed by atoms with van der Waals surface area (Å²) in [6.45, 7) is 4.10.